The summed E-state index contributed by atoms with van der Waals surface area (Å²) in [7, 11) is 0. The molecule has 0 unspecified atom stereocenters. The number of rotatable bonds is 0. The van der Waals surface area contributed by atoms with Crippen LogP contribution in [-0.2, 0) is 4.79 Å². The standard InChI is InChI=1S/C9H8N2O/c1-7-6-8(4-5-11-7)2-3-9(10)12/h4-6H,1H3,(H2,10,12). The maximum atomic E-state index is 10.3. The molecule has 0 saturated heterocycles. The van der Waals surface area contributed by atoms with Crippen LogP contribution in [-0.4, -0.2) is 10.9 Å². The number of carbonyl (C=O) groups is 1. The molecule has 1 aromatic rings. The van der Waals surface area contributed by atoms with Gasteiger partial charge in [0.1, 0.15) is 0 Å². The first-order valence-corrected chi connectivity index (χ1v) is 3.42. The minimum Gasteiger partial charge on any atom is -0.359 e. The second kappa shape index (κ2) is 3.54. The molecule has 0 aliphatic carbocycles. The zero-order valence-corrected chi connectivity index (χ0v) is 6.66. The van der Waals surface area contributed by atoms with Crippen LogP contribution in [0.5, 0.6) is 0 Å². The molecule has 0 aromatic carbocycles. The average molecular weight is 160 g/mol. The Kier molecular flexibility index (Phi) is 2.44. The highest BCUT2D eigenvalue weighted by atomic mass is 16.1. The highest BCUT2D eigenvalue weighted by Gasteiger charge is 1.88. The van der Waals surface area contributed by atoms with Gasteiger partial charge in [0.25, 0.3) is 5.91 Å². The average Bonchev–Trinajstić information content (AvgIpc) is 2.01. The minimum absolute atomic E-state index is 0.621. The quantitative estimate of drug-likeness (QED) is 0.552. The van der Waals surface area contributed by atoms with Crippen molar-refractivity contribution in [2.45, 2.75) is 6.92 Å². The van der Waals surface area contributed by atoms with Crippen LogP contribution in [0, 0.1) is 18.8 Å². The number of amides is 1. The Morgan fingerprint density at radius 3 is 3.00 bits per heavy atom. The fraction of sp³-hybridized carbons (Fsp3) is 0.111. The number of carbonyl (C=O) groups excluding carboxylic acids is 1. The van der Waals surface area contributed by atoms with Crippen LogP contribution >= 0.6 is 0 Å². The summed E-state index contributed by atoms with van der Waals surface area (Å²) in [6.45, 7) is 1.86. The largest absolute Gasteiger partial charge is 0.359 e. The Labute approximate surface area is 70.6 Å². The van der Waals surface area contributed by atoms with Gasteiger partial charge in [0.2, 0.25) is 0 Å². The van der Waals surface area contributed by atoms with E-state index in [1.165, 1.54) is 0 Å². The molecule has 0 fully saturated rings. The van der Waals surface area contributed by atoms with E-state index in [4.69, 9.17) is 5.73 Å². The van der Waals surface area contributed by atoms with Gasteiger partial charge in [-0.15, -0.1) is 0 Å². The third kappa shape index (κ3) is 2.43. The maximum Gasteiger partial charge on any atom is 0.293 e. The number of primary amides is 1. The molecule has 12 heavy (non-hydrogen) atoms. The third-order valence-corrected chi connectivity index (χ3v) is 1.23. The summed E-state index contributed by atoms with van der Waals surface area (Å²) in [4.78, 5) is 14.3. The van der Waals surface area contributed by atoms with Gasteiger partial charge < -0.3 is 5.73 Å². The molecule has 0 aliphatic heterocycles. The molecule has 0 spiro atoms. The van der Waals surface area contributed by atoms with Gasteiger partial charge in [-0.05, 0) is 25.0 Å². The number of aryl methyl sites for hydroxylation is 1. The van der Waals surface area contributed by atoms with Crippen LogP contribution in [0.2, 0.25) is 0 Å². The summed E-state index contributed by atoms with van der Waals surface area (Å²) in [5.74, 6) is 4.25. The van der Waals surface area contributed by atoms with Crippen molar-refractivity contribution in [2.75, 3.05) is 0 Å². The van der Waals surface area contributed by atoms with Gasteiger partial charge in [-0.2, -0.15) is 0 Å². The first kappa shape index (κ1) is 8.28. The molecule has 2 N–H and O–H groups in total. The Hall–Kier alpha value is -1.82. The molecular weight excluding hydrogens is 152 g/mol. The van der Waals surface area contributed by atoms with Crippen LogP contribution < -0.4 is 5.73 Å². The van der Waals surface area contributed by atoms with E-state index in [9.17, 15) is 4.79 Å². The smallest absolute Gasteiger partial charge is 0.293 e. The number of pyridine rings is 1. The topological polar surface area (TPSA) is 56.0 Å². The number of hydrogen-bond acceptors (Lipinski definition) is 2. The van der Waals surface area contributed by atoms with E-state index in [2.05, 4.69) is 16.8 Å². The molecule has 1 amide bonds. The Morgan fingerprint density at radius 2 is 2.42 bits per heavy atom. The molecule has 0 saturated carbocycles. The molecule has 1 rings (SSSR count). The Morgan fingerprint density at radius 1 is 1.67 bits per heavy atom. The van der Waals surface area contributed by atoms with E-state index in [0.717, 1.165) is 11.3 Å². The molecule has 60 valence electrons. The van der Waals surface area contributed by atoms with Crippen molar-refractivity contribution in [3.63, 3.8) is 0 Å². The summed E-state index contributed by atoms with van der Waals surface area (Å²) < 4.78 is 0. The van der Waals surface area contributed by atoms with E-state index < -0.39 is 5.91 Å². The van der Waals surface area contributed by atoms with Gasteiger partial charge in [0, 0.05) is 17.5 Å². The highest BCUT2D eigenvalue weighted by Crippen LogP contribution is 1.97. The molecule has 0 aliphatic rings. The summed E-state index contributed by atoms with van der Waals surface area (Å²) in [6, 6.07) is 3.51. The van der Waals surface area contributed by atoms with Crippen LogP contribution in [0.4, 0.5) is 0 Å². The molecule has 0 radical (unpaired) electrons. The lowest BCUT2D eigenvalue weighted by atomic mass is 10.2. The van der Waals surface area contributed by atoms with Gasteiger partial charge in [-0.1, -0.05) is 5.92 Å². The third-order valence-electron chi connectivity index (χ3n) is 1.23. The van der Waals surface area contributed by atoms with Crippen LogP contribution in [0.25, 0.3) is 0 Å². The zero-order chi connectivity index (χ0) is 8.97. The fourth-order valence-corrected chi connectivity index (χ4v) is 0.757. The van der Waals surface area contributed by atoms with Crippen molar-refractivity contribution >= 4 is 5.91 Å². The normalized spacial score (nSPS) is 8.42. The molecule has 3 nitrogen and oxygen atoms in total. The van der Waals surface area contributed by atoms with E-state index in [0.29, 0.717) is 0 Å². The van der Waals surface area contributed by atoms with Crippen molar-refractivity contribution in [1.82, 2.24) is 4.98 Å². The van der Waals surface area contributed by atoms with E-state index in [1.807, 2.05) is 6.92 Å². The molecular formula is C9H8N2O. The predicted octanol–water partition coefficient (Wildman–Crippen LogP) is 0.227. The van der Waals surface area contributed by atoms with Crippen LogP contribution in [0.15, 0.2) is 18.3 Å². The van der Waals surface area contributed by atoms with Gasteiger partial charge in [0.05, 0.1) is 0 Å². The monoisotopic (exact) mass is 160 g/mol. The number of nitrogens with two attached hydrogens (primary N) is 1. The van der Waals surface area contributed by atoms with Crippen LogP contribution in [0.3, 0.4) is 0 Å². The summed E-state index contributed by atoms with van der Waals surface area (Å²) in [6.07, 6.45) is 1.64. The summed E-state index contributed by atoms with van der Waals surface area (Å²) in [5, 5.41) is 0. The Balaban J connectivity index is 2.92. The predicted molar refractivity (Wildman–Crippen MR) is 45.0 cm³/mol. The lowest BCUT2D eigenvalue weighted by Gasteiger charge is -1.90. The number of aromatic nitrogens is 1. The van der Waals surface area contributed by atoms with Crippen molar-refractivity contribution in [3.8, 4) is 11.8 Å². The molecule has 1 aromatic heterocycles. The van der Waals surface area contributed by atoms with Crippen molar-refractivity contribution < 1.29 is 4.79 Å². The first-order chi connectivity index (χ1) is 5.68. The van der Waals surface area contributed by atoms with Crippen LogP contribution in [0.1, 0.15) is 11.3 Å². The van der Waals surface area contributed by atoms with Gasteiger partial charge in [0.15, 0.2) is 0 Å². The van der Waals surface area contributed by atoms with E-state index >= 15 is 0 Å². The fourth-order valence-electron chi connectivity index (χ4n) is 0.757. The zero-order valence-electron chi connectivity index (χ0n) is 6.66. The van der Waals surface area contributed by atoms with E-state index in [-0.39, 0.29) is 0 Å². The lowest BCUT2D eigenvalue weighted by Crippen LogP contribution is -2.06. The van der Waals surface area contributed by atoms with Gasteiger partial charge >= 0.3 is 0 Å². The molecule has 3 heteroatoms. The number of hydrogen-bond donors (Lipinski definition) is 1. The van der Waals surface area contributed by atoms with E-state index in [1.54, 1.807) is 18.3 Å². The van der Waals surface area contributed by atoms with Crippen molar-refractivity contribution in [1.29, 1.82) is 0 Å². The van der Waals surface area contributed by atoms with Crippen molar-refractivity contribution in [3.05, 3.63) is 29.6 Å². The van der Waals surface area contributed by atoms with Gasteiger partial charge in [-0.3, -0.25) is 9.78 Å². The van der Waals surface area contributed by atoms with Gasteiger partial charge in [-0.25, -0.2) is 0 Å². The number of nitrogens with zero attached hydrogens (tertiary/aromatic N) is 1. The highest BCUT2D eigenvalue weighted by molar-refractivity contribution is 5.92. The second-order valence-corrected chi connectivity index (χ2v) is 2.30. The summed E-state index contributed by atoms with van der Waals surface area (Å²) >= 11 is 0. The Bertz CT molecular complexity index is 360. The molecule has 0 atom stereocenters. The lowest BCUT2D eigenvalue weighted by molar-refractivity contribution is -0.112. The molecule has 1 heterocycles. The first-order valence-electron chi connectivity index (χ1n) is 3.42. The second-order valence-electron chi connectivity index (χ2n) is 2.30. The minimum atomic E-state index is -0.621. The maximum absolute atomic E-state index is 10.3. The van der Waals surface area contributed by atoms with Crippen molar-refractivity contribution in [2.24, 2.45) is 5.73 Å². The molecule has 0 bridgehead atoms. The summed E-state index contributed by atoms with van der Waals surface area (Å²) in [5.41, 5.74) is 6.47. The SMILES string of the molecule is Cc1cc(C#CC(N)=O)ccn1.